The zero-order valence-electron chi connectivity index (χ0n) is 46.6. The number of carbonyl (C=O) groups is 8. The highest BCUT2D eigenvalue weighted by Crippen LogP contribution is 2.35. The summed E-state index contributed by atoms with van der Waals surface area (Å²) < 4.78 is 0. The lowest BCUT2D eigenvalue weighted by Crippen LogP contribution is -2.59. The van der Waals surface area contributed by atoms with Crippen LogP contribution in [0, 0.1) is 22.7 Å². The average molecular weight is 1050 g/mol. The van der Waals surface area contributed by atoms with E-state index < -0.39 is 82.8 Å². The highest BCUT2D eigenvalue weighted by atomic mass is 16.2. The summed E-state index contributed by atoms with van der Waals surface area (Å²) in [7, 11) is 3.33. The molecule has 7 rings (SSSR count). The summed E-state index contributed by atoms with van der Waals surface area (Å²) in [5.41, 5.74) is 3.02. The second-order valence-corrected chi connectivity index (χ2v) is 24.4. The van der Waals surface area contributed by atoms with E-state index in [1.54, 1.807) is 27.9 Å². The van der Waals surface area contributed by atoms with Gasteiger partial charge in [-0.3, -0.25) is 38.4 Å². The van der Waals surface area contributed by atoms with Gasteiger partial charge in [-0.2, -0.15) is 0 Å². The van der Waals surface area contributed by atoms with Crippen molar-refractivity contribution < 1.29 is 38.4 Å². The molecule has 3 aliphatic carbocycles. The van der Waals surface area contributed by atoms with Crippen LogP contribution in [-0.2, 0) is 51.2 Å². The Kier molecular flexibility index (Phi) is 18.7. The summed E-state index contributed by atoms with van der Waals surface area (Å²) in [5.74, 6) is -3.75. The minimum atomic E-state index is -0.967. The molecule has 2 aromatic rings. The Labute approximate surface area is 449 Å². The van der Waals surface area contributed by atoms with E-state index in [1.165, 1.54) is 20.9 Å². The Morgan fingerprint density at radius 2 is 0.882 bits per heavy atom. The number of aryl methyl sites for hydroxylation is 2. The largest absolute Gasteiger partial charge is 0.351 e. The van der Waals surface area contributed by atoms with Gasteiger partial charge in [0.2, 0.25) is 47.3 Å². The molecule has 5 aliphatic rings. The fraction of sp³-hybridized carbons (Fsp3) is 0.655. The van der Waals surface area contributed by atoms with Gasteiger partial charge in [-0.05, 0) is 132 Å². The van der Waals surface area contributed by atoms with Crippen LogP contribution in [0.2, 0.25) is 0 Å². The third kappa shape index (κ3) is 13.6. The molecule has 416 valence electrons. The summed E-state index contributed by atoms with van der Waals surface area (Å²) in [6.07, 6.45) is 7.43. The molecule has 0 spiro atoms. The zero-order valence-corrected chi connectivity index (χ0v) is 46.6. The van der Waals surface area contributed by atoms with Crippen molar-refractivity contribution in [1.29, 1.82) is 0 Å². The van der Waals surface area contributed by atoms with E-state index in [2.05, 4.69) is 54.7 Å². The summed E-state index contributed by atoms with van der Waals surface area (Å²) in [4.78, 5) is 117. The SMILES string of the molecule is CN[C@@H](C)C(=O)NC(C(=O)N1C[C@@H](NC(=O)C2CCCC(C(=O)N[C@H]3CC(C(=O)N[C@@H]4CCCc5ccccc54)N(C(=O)[C@@H](NC(=O)[C@H](C)NC)C(C)(C)C)C3)C2)CC1C(=O)N[C@@H]1CCCc2ccccc21)C(C)(C)C. The molecule has 18 nitrogen and oxygen atoms in total. The standard InChI is InChI=1S/C58H86N10O8/c1-33(59-9)49(69)65-47(57(3,4)5)55(75)67-31-39(29-45(67)53(73)63-43-26-16-20-35-18-11-13-24-41(35)43)61-51(71)37-22-15-23-38(28-37)52(72)62-40-30-46(54(74)64-44-27-17-21-36-19-12-14-25-42(36)44)68(32-40)56(76)48(58(6,7)8)66-50(70)34(2)60-10/h11-14,18-19,24-25,33-34,37-40,43-48,59-60H,15-17,20-23,26-32H2,1-10H3,(H,61,71)(H,62,72)(H,63,73)(H,64,74)(H,65,69)(H,66,70)/t33-,34-,37?,38?,39-,40-,43+,44+,45?,46?,47+,48?/m0/s1. The molecule has 3 fully saturated rings. The number of hydrogen-bond acceptors (Lipinski definition) is 10. The Bertz CT molecular complexity index is 2300. The molecule has 18 heteroatoms. The second-order valence-electron chi connectivity index (χ2n) is 24.4. The normalized spacial score (nSPS) is 26.1. The maximum atomic E-state index is 14.7. The quantitative estimate of drug-likeness (QED) is 0.122. The molecule has 2 aromatic carbocycles. The number of amides is 8. The van der Waals surface area contributed by atoms with Gasteiger partial charge in [0.15, 0.2) is 0 Å². The summed E-state index contributed by atoms with van der Waals surface area (Å²) in [6.45, 7) is 14.7. The predicted molar refractivity (Wildman–Crippen MR) is 290 cm³/mol. The maximum Gasteiger partial charge on any atom is 0.246 e. The third-order valence-corrected chi connectivity index (χ3v) is 16.7. The predicted octanol–water partition coefficient (Wildman–Crippen LogP) is 3.63. The minimum Gasteiger partial charge on any atom is -0.351 e. The van der Waals surface area contributed by atoms with E-state index in [0.29, 0.717) is 19.3 Å². The second kappa shape index (κ2) is 24.6. The fourth-order valence-corrected chi connectivity index (χ4v) is 11.9. The number of hydrogen-bond donors (Lipinski definition) is 8. The topological polar surface area (TPSA) is 239 Å². The van der Waals surface area contributed by atoms with Crippen molar-refractivity contribution in [2.24, 2.45) is 22.7 Å². The molecule has 8 amide bonds. The Balaban J connectivity index is 1.05. The van der Waals surface area contributed by atoms with E-state index in [0.717, 1.165) is 49.7 Å². The van der Waals surface area contributed by atoms with E-state index in [-0.39, 0.29) is 79.9 Å². The van der Waals surface area contributed by atoms with Crippen LogP contribution < -0.4 is 42.5 Å². The van der Waals surface area contributed by atoms with Crippen molar-refractivity contribution in [1.82, 2.24) is 52.3 Å². The van der Waals surface area contributed by atoms with Gasteiger partial charge >= 0.3 is 0 Å². The molecule has 76 heavy (non-hydrogen) atoms. The van der Waals surface area contributed by atoms with E-state index in [4.69, 9.17) is 0 Å². The summed E-state index contributed by atoms with van der Waals surface area (Å²) >= 11 is 0. The number of carbonyl (C=O) groups excluding carboxylic acids is 8. The van der Waals surface area contributed by atoms with E-state index in [1.807, 2.05) is 77.9 Å². The van der Waals surface area contributed by atoms with Crippen LogP contribution in [0.4, 0.5) is 0 Å². The number of nitrogens with one attached hydrogen (secondary N) is 8. The number of likely N-dealkylation sites (tertiary alicyclic amines) is 2. The van der Waals surface area contributed by atoms with Gasteiger partial charge in [-0.15, -0.1) is 0 Å². The van der Waals surface area contributed by atoms with E-state index in [9.17, 15) is 38.4 Å². The third-order valence-electron chi connectivity index (χ3n) is 16.7. The molecule has 8 N–H and O–H groups in total. The zero-order chi connectivity index (χ0) is 55.2. The molecule has 5 unspecified atom stereocenters. The van der Waals surface area contributed by atoms with Crippen molar-refractivity contribution in [3.63, 3.8) is 0 Å². The first-order valence-electron chi connectivity index (χ1n) is 27.9. The molecule has 2 aliphatic heterocycles. The number of nitrogens with zero attached hydrogens (tertiary/aromatic N) is 2. The van der Waals surface area contributed by atoms with Crippen molar-refractivity contribution in [3.8, 4) is 0 Å². The fourth-order valence-electron chi connectivity index (χ4n) is 11.9. The van der Waals surface area contributed by atoms with Crippen LogP contribution >= 0.6 is 0 Å². The van der Waals surface area contributed by atoms with Gasteiger partial charge in [0.25, 0.3) is 0 Å². The molecular formula is C58H86N10O8. The van der Waals surface area contributed by atoms with Gasteiger partial charge in [0.05, 0.1) is 24.2 Å². The van der Waals surface area contributed by atoms with Crippen LogP contribution in [0.5, 0.6) is 0 Å². The van der Waals surface area contributed by atoms with Crippen molar-refractivity contribution in [2.75, 3.05) is 27.2 Å². The Morgan fingerprint density at radius 1 is 0.500 bits per heavy atom. The van der Waals surface area contributed by atoms with Gasteiger partial charge < -0.3 is 52.3 Å². The lowest BCUT2D eigenvalue weighted by atomic mass is 9.80. The Hall–Kier alpha value is -5.88. The maximum absolute atomic E-state index is 14.7. The van der Waals surface area contributed by atoms with Gasteiger partial charge in [-0.1, -0.05) is 96.5 Å². The smallest absolute Gasteiger partial charge is 0.246 e. The molecule has 2 saturated heterocycles. The van der Waals surface area contributed by atoms with Crippen molar-refractivity contribution in [3.05, 3.63) is 70.8 Å². The molecule has 0 aromatic heterocycles. The van der Waals surface area contributed by atoms with Crippen molar-refractivity contribution in [2.45, 2.75) is 193 Å². The molecular weight excluding hydrogens is 965 g/mol. The van der Waals surface area contributed by atoms with Crippen LogP contribution in [0.3, 0.4) is 0 Å². The van der Waals surface area contributed by atoms with Crippen molar-refractivity contribution >= 4 is 47.3 Å². The molecule has 0 bridgehead atoms. The average Bonchev–Trinajstić information content (AvgIpc) is 4.03. The van der Waals surface area contributed by atoms with Gasteiger partial charge in [-0.25, -0.2) is 0 Å². The highest BCUT2D eigenvalue weighted by molar-refractivity contribution is 5.96. The van der Waals surface area contributed by atoms with Crippen LogP contribution in [0.15, 0.2) is 48.5 Å². The Morgan fingerprint density at radius 3 is 1.25 bits per heavy atom. The lowest BCUT2D eigenvalue weighted by molar-refractivity contribution is -0.144. The molecule has 2 heterocycles. The van der Waals surface area contributed by atoms with Crippen LogP contribution in [0.25, 0.3) is 0 Å². The minimum absolute atomic E-state index is 0.0533. The monoisotopic (exact) mass is 1050 g/mol. The molecule has 0 radical (unpaired) electrons. The number of benzene rings is 2. The summed E-state index contributed by atoms with van der Waals surface area (Å²) in [5, 5.41) is 24.6. The highest BCUT2D eigenvalue weighted by Gasteiger charge is 2.49. The summed E-state index contributed by atoms with van der Waals surface area (Å²) in [6, 6.07) is 9.56. The molecule has 1 saturated carbocycles. The number of likely N-dealkylation sites (N-methyl/N-ethyl adjacent to an activating group) is 2. The van der Waals surface area contributed by atoms with Crippen LogP contribution in [0.1, 0.15) is 154 Å². The van der Waals surface area contributed by atoms with E-state index >= 15 is 0 Å². The number of rotatable bonds is 16. The number of fused-ring (bicyclic) bond motifs is 2. The first-order chi connectivity index (χ1) is 36.0. The molecule has 12 atom stereocenters. The first kappa shape index (κ1) is 57.8. The van der Waals surface area contributed by atoms with Gasteiger partial charge in [0, 0.05) is 37.0 Å². The van der Waals surface area contributed by atoms with Gasteiger partial charge in [0.1, 0.15) is 24.2 Å². The lowest BCUT2D eigenvalue weighted by Gasteiger charge is -2.36. The van der Waals surface area contributed by atoms with Crippen LogP contribution in [-0.4, -0.2) is 133 Å². The first-order valence-corrected chi connectivity index (χ1v) is 27.9.